The van der Waals surface area contributed by atoms with Crippen LogP contribution in [-0.4, -0.2) is 25.1 Å². The van der Waals surface area contributed by atoms with Crippen LogP contribution in [0.15, 0.2) is 41.1 Å². The van der Waals surface area contributed by atoms with Gasteiger partial charge in [0.2, 0.25) is 0 Å². The van der Waals surface area contributed by atoms with Crippen molar-refractivity contribution in [2.45, 2.75) is 19.5 Å². The van der Waals surface area contributed by atoms with Gasteiger partial charge in [0, 0.05) is 19.6 Å². The van der Waals surface area contributed by atoms with Crippen molar-refractivity contribution >= 4 is 11.3 Å². The summed E-state index contributed by atoms with van der Waals surface area (Å²) in [6, 6.07) is 10.2. The second kappa shape index (κ2) is 8.04. The largest absolute Gasteiger partial charge is 0.494 e. The first-order valence-electron chi connectivity index (χ1n) is 6.89. The lowest BCUT2D eigenvalue weighted by molar-refractivity contribution is 0.259. The Hall–Kier alpha value is -1.36. The molecule has 4 heteroatoms. The molecule has 0 spiro atoms. The number of thiophene rings is 1. The van der Waals surface area contributed by atoms with Crippen LogP contribution in [0, 0.1) is 0 Å². The topological polar surface area (TPSA) is 38.5 Å². The quantitative estimate of drug-likeness (QED) is 0.759. The highest BCUT2D eigenvalue weighted by molar-refractivity contribution is 7.07. The Morgan fingerprint density at radius 3 is 2.60 bits per heavy atom. The standard InChI is InChI=1S/C16H22N2OS/c1-18(12-15-7-10-20-13-15)8-2-9-19-16-5-3-14(11-17)4-6-16/h3-7,10,13H,2,8-9,11-12,17H2,1H3. The van der Waals surface area contributed by atoms with Gasteiger partial charge in [-0.25, -0.2) is 0 Å². The summed E-state index contributed by atoms with van der Waals surface area (Å²) in [5, 5.41) is 4.32. The SMILES string of the molecule is CN(CCCOc1ccc(CN)cc1)Cc1ccsc1. The molecule has 0 atom stereocenters. The molecule has 0 bridgehead atoms. The molecule has 0 unspecified atom stereocenters. The number of ether oxygens (including phenoxy) is 1. The van der Waals surface area contributed by atoms with E-state index in [-0.39, 0.29) is 0 Å². The molecule has 3 nitrogen and oxygen atoms in total. The molecule has 0 saturated carbocycles. The molecule has 0 amide bonds. The maximum absolute atomic E-state index is 5.73. The fourth-order valence-electron chi connectivity index (χ4n) is 2.02. The van der Waals surface area contributed by atoms with Crippen molar-refractivity contribution < 1.29 is 4.74 Å². The lowest BCUT2D eigenvalue weighted by atomic mass is 10.2. The lowest BCUT2D eigenvalue weighted by Gasteiger charge is -2.16. The van der Waals surface area contributed by atoms with Crippen molar-refractivity contribution in [3.05, 3.63) is 52.2 Å². The molecule has 2 N–H and O–H groups in total. The van der Waals surface area contributed by atoms with E-state index in [1.165, 1.54) is 5.56 Å². The summed E-state index contributed by atoms with van der Waals surface area (Å²) in [4.78, 5) is 2.32. The van der Waals surface area contributed by atoms with E-state index in [0.717, 1.165) is 37.4 Å². The van der Waals surface area contributed by atoms with E-state index < -0.39 is 0 Å². The predicted octanol–water partition coefficient (Wildman–Crippen LogP) is 3.11. The second-order valence-electron chi connectivity index (χ2n) is 4.92. The van der Waals surface area contributed by atoms with E-state index in [0.29, 0.717) is 6.54 Å². The Morgan fingerprint density at radius 2 is 1.95 bits per heavy atom. The van der Waals surface area contributed by atoms with Crippen LogP contribution in [0.4, 0.5) is 0 Å². The molecule has 0 saturated heterocycles. The summed E-state index contributed by atoms with van der Waals surface area (Å²) >= 11 is 1.75. The van der Waals surface area contributed by atoms with Crippen LogP contribution in [0.3, 0.4) is 0 Å². The molecule has 1 aromatic heterocycles. The van der Waals surface area contributed by atoms with E-state index >= 15 is 0 Å². The molecule has 0 fully saturated rings. The Labute approximate surface area is 125 Å². The van der Waals surface area contributed by atoms with E-state index in [2.05, 4.69) is 28.8 Å². The van der Waals surface area contributed by atoms with Crippen LogP contribution in [0.2, 0.25) is 0 Å². The third kappa shape index (κ3) is 4.96. The summed E-state index contributed by atoms with van der Waals surface area (Å²) in [6.07, 6.45) is 1.03. The number of nitrogens with zero attached hydrogens (tertiary/aromatic N) is 1. The minimum atomic E-state index is 0.577. The van der Waals surface area contributed by atoms with Gasteiger partial charge in [0.1, 0.15) is 5.75 Å². The zero-order valence-corrected chi connectivity index (χ0v) is 12.7. The first-order chi connectivity index (χ1) is 9.78. The maximum atomic E-state index is 5.73. The van der Waals surface area contributed by atoms with Crippen molar-refractivity contribution in [3.63, 3.8) is 0 Å². The average molecular weight is 290 g/mol. The number of hydrogen-bond acceptors (Lipinski definition) is 4. The number of hydrogen-bond donors (Lipinski definition) is 1. The summed E-state index contributed by atoms with van der Waals surface area (Å²) in [7, 11) is 2.15. The summed E-state index contributed by atoms with van der Waals surface area (Å²) in [5.41, 5.74) is 8.08. The lowest BCUT2D eigenvalue weighted by Crippen LogP contribution is -2.20. The first kappa shape index (κ1) is 15.0. The molecule has 2 rings (SSSR count). The van der Waals surface area contributed by atoms with Gasteiger partial charge in [0.15, 0.2) is 0 Å². The van der Waals surface area contributed by atoms with Gasteiger partial charge < -0.3 is 15.4 Å². The Bertz CT molecular complexity index is 482. The van der Waals surface area contributed by atoms with Crippen LogP contribution in [0.5, 0.6) is 5.75 Å². The van der Waals surface area contributed by atoms with Crippen molar-refractivity contribution in [2.75, 3.05) is 20.2 Å². The molecular formula is C16H22N2OS. The van der Waals surface area contributed by atoms with Crippen LogP contribution in [0.1, 0.15) is 17.5 Å². The van der Waals surface area contributed by atoms with E-state index in [9.17, 15) is 0 Å². The molecule has 0 aliphatic rings. The Kier molecular flexibility index (Phi) is 6.05. The molecule has 0 radical (unpaired) electrons. The fraction of sp³-hybridized carbons (Fsp3) is 0.375. The van der Waals surface area contributed by atoms with Crippen LogP contribution >= 0.6 is 11.3 Å². The predicted molar refractivity (Wildman–Crippen MR) is 85.1 cm³/mol. The highest BCUT2D eigenvalue weighted by atomic mass is 32.1. The molecule has 1 heterocycles. The average Bonchev–Trinajstić information content (AvgIpc) is 2.97. The minimum absolute atomic E-state index is 0.577. The normalized spacial score (nSPS) is 10.9. The van der Waals surface area contributed by atoms with Crippen LogP contribution < -0.4 is 10.5 Å². The van der Waals surface area contributed by atoms with Crippen molar-refractivity contribution in [1.29, 1.82) is 0 Å². The zero-order valence-electron chi connectivity index (χ0n) is 11.9. The van der Waals surface area contributed by atoms with E-state index in [1.807, 2.05) is 24.3 Å². The summed E-state index contributed by atoms with van der Waals surface area (Å²) in [5.74, 6) is 0.919. The van der Waals surface area contributed by atoms with Gasteiger partial charge in [-0.2, -0.15) is 11.3 Å². The van der Waals surface area contributed by atoms with Crippen LogP contribution in [0.25, 0.3) is 0 Å². The molecule has 20 heavy (non-hydrogen) atoms. The van der Waals surface area contributed by atoms with Gasteiger partial charge in [-0.15, -0.1) is 0 Å². The minimum Gasteiger partial charge on any atom is -0.494 e. The van der Waals surface area contributed by atoms with Crippen molar-refractivity contribution in [3.8, 4) is 5.75 Å². The van der Waals surface area contributed by atoms with E-state index in [4.69, 9.17) is 10.5 Å². The molecular weight excluding hydrogens is 268 g/mol. The van der Waals surface area contributed by atoms with Crippen molar-refractivity contribution in [1.82, 2.24) is 4.90 Å². The van der Waals surface area contributed by atoms with Gasteiger partial charge in [-0.1, -0.05) is 12.1 Å². The number of rotatable bonds is 8. The second-order valence-corrected chi connectivity index (χ2v) is 5.70. The molecule has 0 aliphatic heterocycles. The third-order valence-corrected chi connectivity index (χ3v) is 3.88. The molecule has 1 aromatic carbocycles. The fourth-order valence-corrected chi connectivity index (χ4v) is 2.68. The first-order valence-corrected chi connectivity index (χ1v) is 7.83. The smallest absolute Gasteiger partial charge is 0.119 e. The zero-order chi connectivity index (χ0) is 14.2. The summed E-state index contributed by atoms with van der Waals surface area (Å²) in [6.45, 7) is 3.37. The Morgan fingerprint density at radius 1 is 1.15 bits per heavy atom. The monoisotopic (exact) mass is 290 g/mol. The highest BCUT2D eigenvalue weighted by Gasteiger charge is 2.01. The van der Waals surface area contributed by atoms with Gasteiger partial charge in [0.05, 0.1) is 6.61 Å². The molecule has 0 aliphatic carbocycles. The molecule has 2 aromatic rings. The summed E-state index contributed by atoms with van der Waals surface area (Å²) < 4.78 is 5.73. The third-order valence-electron chi connectivity index (χ3n) is 3.14. The van der Waals surface area contributed by atoms with E-state index in [1.54, 1.807) is 11.3 Å². The van der Waals surface area contributed by atoms with Gasteiger partial charge in [-0.05, 0) is 53.6 Å². The van der Waals surface area contributed by atoms with Gasteiger partial charge in [0.25, 0.3) is 0 Å². The number of benzene rings is 1. The highest BCUT2D eigenvalue weighted by Crippen LogP contribution is 2.12. The molecule has 108 valence electrons. The Balaban J connectivity index is 1.63. The van der Waals surface area contributed by atoms with Gasteiger partial charge in [-0.3, -0.25) is 0 Å². The maximum Gasteiger partial charge on any atom is 0.119 e. The number of nitrogens with two attached hydrogens (primary N) is 1. The van der Waals surface area contributed by atoms with Crippen molar-refractivity contribution in [2.24, 2.45) is 5.73 Å². The van der Waals surface area contributed by atoms with Crippen LogP contribution in [-0.2, 0) is 13.1 Å². The van der Waals surface area contributed by atoms with Gasteiger partial charge >= 0.3 is 0 Å².